The minimum atomic E-state index is -4.21. The third-order valence-corrected chi connectivity index (χ3v) is 6.06. The fraction of sp³-hybridized carbons (Fsp3) is 0.0909. The summed E-state index contributed by atoms with van der Waals surface area (Å²) in [5.74, 6) is -0.712. The molecular weight excluding hydrogens is 463 g/mol. The molecule has 0 saturated carbocycles. The lowest BCUT2D eigenvalue weighted by molar-refractivity contribution is -0.117. The Kier molecular flexibility index (Phi) is 6.50. The van der Waals surface area contributed by atoms with Crippen LogP contribution in [-0.2, 0) is 21.4 Å². The SMILES string of the molecule is COc1ccccc1NC(=O)Cn1nnc(-c2ccccc2NS(=O)(=O)c2ccccc2F)n1. The smallest absolute Gasteiger partial charge is 0.264 e. The third kappa shape index (κ3) is 5.02. The van der Waals surface area contributed by atoms with Crippen molar-refractivity contribution in [3.8, 4) is 17.1 Å². The van der Waals surface area contributed by atoms with E-state index in [0.717, 1.165) is 16.9 Å². The van der Waals surface area contributed by atoms with Gasteiger partial charge >= 0.3 is 0 Å². The zero-order valence-electron chi connectivity index (χ0n) is 17.8. The molecule has 12 heteroatoms. The summed E-state index contributed by atoms with van der Waals surface area (Å²) in [4.78, 5) is 13.0. The van der Waals surface area contributed by atoms with Crippen molar-refractivity contribution >= 4 is 27.3 Å². The number of halogens is 1. The Morgan fingerprint density at radius 1 is 1.00 bits per heavy atom. The number of ether oxygens (including phenoxy) is 1. The average molecular weight is 482 g/mol. The van der Waals surface area contributed by atoms with E-state index in [0.29, 0.717) is 17.0 Å². The van der Waals surface area contributed by atoms with Crippen molar-refractivity contribution in [1.82, 2.24) is 20.2 Å². The van der Waals surface area contributed by atoms with E-state index in [-0.39, 0.29) is 18.1 Å². The van der Waals surface area contributed by atoms with Gasteiger partial charge in [-0.15, -0.1) is 10.2 Å². The summed E-state index contributed by atoms with van der Waals surface area (Å²) in [6, 6.07) is 18.3. The Morgan fingerprint density at radius 3 is 2.44 bits per heavy atom. The Bertz CT molecular complexity index is 1440. The van der Waals surface area contributed by atoms with Gasteiger partial charge in [-0.25, -0.2) is 12.8 Å². The van der Waals surface area contributed by atoms with Crippen molar-refractivity contribution in [2.75, 3.05) is 17.1 Å². The normalized spacial score (nSPS) is 11.1. The molecule has 2 N–H and O–H groups in total. The summed E-state index contributed by atoms with van der Waals surface area (Å²) in [5.41, 5.74) is 0.922. The summed E-state index contributed by atoms with van der Waals surface area (Å²) < 4.78 is 47.0. The number of nitrogens with zero attached hydrogens (tertiary/aromatic N) is 4. The maximum absolute atomic E-state index is 14.0. The first-order chi connectivity index (χ1) is 16.4. The van der Waals surface area contributed by atoms with E-state index in [4.69, 9.17) is 4.74 Å². The first-order valence-electron chi connectivity index (χ1n) is 9.95. The van der Waals surface area contributed by atoms with Crippen molar-refractivity contribution in [2.45, 2.75) is 11.4 Å². The van der Waals surface area contributed by atoms with E-state index >= 15 is 0 Å². The summed E-state index contributed by atoms with van der Waals surface area (Å²) in [5, 5.41) is 14.7. The maximum atomic E-state index is 14.0. The molecule has 0 aliphatic carbocycles. The van der Waals surface area contributed by atoms with Gasteiger partial charge in [-0.3, -0.25) is 9.52 Å². The van der Waals surface area contributed by atoms with Crippen LogP contribution in [0.1, 0.15) is 0 Å². The number of methoxy groups -OCH3 is 1. The number of tetrazole rings is 1. The first-order valence-corrected chi connectivity index (χ1v) is 11.4. The van der Waals surface area contributed by atoms with Crippen molar-refractivity contribution in [3.63, 3.8) is 0 Å². The Balaban J connectivity index is 1.53. The number of anilines is 2. The van der Waals surface area contributed by atoms with Crippen LogP contribution in [0.2, 0.25) is 0 Å². The lowest BCUT2D eigenvalue weighted by atomic mass is 10.2. The Morgan fingerprint density at radius 2 is 1.68 bits per heavy atom. The summed E-state index contributed by atoms with van der Waals surface area (Å²) in [6.45, 7) is -0.242. The molecule has 1 heterocycles. The predicted molar refractivity (Wildman–Crippen MR) is 122 cm³/mol. The van der Waals surface area contributed by atoms with Gasteiger partial charge in [0.05, 0.1) is 18.5 Å². The molecular formula is C22H19FN6O4S. The quantitative estimate of drug-likeness (QED) is 0.395. The molecule has 3 aromatic carbocycles. The van der Waals surface area contributed by atoms with E-state index in [1.807, 2.05) is 0 Å². The van der Waals surface area contributed by atoms with Crippen LogP contribution in [0.15, 0.2) is 77.7 Å². The van der Waals surface area contributed by atoms with Gasteiger partial charge in [0.1, 0.15) is 23.0 Å². The number of carbonyl (C=O) groups is 1. The number of amides is 1. The number of sulfonamides is 1. The zero-order chi connectivity index (χ0) is 24.1. The Hall–Kier alpha value is -4.32. The molecule has 4 aromatic rings. The van der Waals surface area contributed by atoms with Gasteiger partial charge in [0.15, 0.2) is 0 Å². The minimum absolute atomic E-state index is 0.0805. The number of nitrogens with one attached hydrogen (secondary N) is 2. The largest absolute Gasteiger partial charge is 0.495 e. The van der Waals surface area contributed by atoms with Gasteiger partial charge in [-0.05, 0) is 41.6 Å². The van der Waals surface area contributed by atoms with Gasteiger partial charge in [-0.2, -0.15) is 4.80 Å². The van der Waals surface area contributed by atoms with Gasteiger partial charge < -0.3 is 10.1 Å². The van der Waals surface area contributed by atoms with Crippen LogP contribution >= 0.6 is 0 Å². The second-order valence-electron chi connectivity index (χ2n) is 6.97. The zero-order valence-corrected chi connectivity index (χ0v) is 18.7. The molecule has 0 bridgehead atoms. The molecule has 0 aliphatic heterocycles. The van der Waals surface area contributed by atoms with Gasteiger partial charge in [-0.1, -0.05) is 36.4 Å². The second kappa shape index (κ2) is 9.67. The highest BCUT2D eigenvalue weighted by atomic mass is 32.2. The van der Waals surface area contributed by atoms with Crippen molar-refractivity contribution in [3.05, 3.63) is 78.6 Å². The topological polar surface area (TPSA) is 128 Å². The number of hydrogen-bond acceptors (Lipinski definition) is 7. The van der Waals surface area contributed by atoms with E-state index in [1.54, 1.807) is 42.5 Å². The average Bonchev–Trinajstić information content (AvgIpc) is 3.27. The fourth-order valence-electron chi connectivity index (χ4n) is 3.11. The van der Waals surface area contributed by atoms with Gasteiger partial charge in [0, 0.05) is 5.56 Å². The molecule has 0 spiro atoms. The highest BCUT2D eigenvalue weighted by molar-refractivity contribution is 7.92. The van der Waals surface area contributed by atoms with Crippen LogP contribution in [0, 0.1) is 5.82 Å². The lowest BCUT2D eigenvalue weighted by Gasteiger charge is -2.11. The molecule has 0 fully saturated rings. The molecule has 0 atom stereocenters. The van der Waals surface area contributed by atoms with Crippen LogP contribution in [0.25, 0.3) is 11.4 Å². The summed E-state index contributed by atoms with van der Waals surface area (Å²) in [7, 11) is -2.72. The molecule has 0 saturated heterocycles. The standard InChI is InChI=1S/C22H19FN6O4S/c1-33-19-12-6-5-11-18(19)24-21(30)14-29-26-22(25-28-29)15-8-2-4-10-17(15)27-34(31,32)20-13-7-3-9-16(20)23/h2-13,27H,14H2,1H3,(H,24,30). The highest BCUT2D eigenvalue weighted by Crippen LogP contribution is 2.27. The van der Waals surface area contributed by atoms with Crippen molar-refractivity contribution in [1.29, 1.82) is 0 Å². The predicted octanol–water partition coefficient (Wildman–Crippen LogP) is 2.93. The highest BCUT2D eigenvalue weighted by Gasteiger charge is 2.21. The molecule has 10 nitrogen and oxygen atoms in total. The number of rotatable bonds is 8. The first kappa shape index (κ1) is 22.9. The van der Waals surface area contributed by atoms with Gasteiger partial charge in [0.2, 0.25) is 11.7 Å². The molecule has 0 aliphatic rings. The number of aromatic nitrogens is 4. The maximum Gasteiger partial charge on any atom is 0.264 e. The van der Waals surface area contributed by atoms with Crippen molar-refractivity contribution < 1.29 is 22.3 Å². The van der Waals surface area contributed by atoms with Crippen LogP contribution in [-0.4, -0.2) is 41.6 Å². The van der Waals surface area contributed by atoms with Crippen LogP contribution in [0.5, 0.6) is 5.75 Å². The summed E-state index contributed by atoms with van der Waals surface area (Å²) >= 11 is 0. The second-order valence-corrected chi connectivity index (χ2v) is 8.62. The fourth-order valence-corrected chi connectivity index (χ4v) is 4.27. The number of hydrogen-bond donors (Lipinski definition) is 2. The summed E-state index contributed by atoms with van der Waals surface area (Å²) in [6.07, 6.45) is 0. The molecule has 0 radical (unpaired) electrons. The van der Waals surface area contributed by atoms with E-state index in [2.05, 4.69) is 25.4 Å². The van der Waals surface area contributed by atoms with E-state index in [1.165, 1.54) is 25.3 Å². The minimum Gasteiger partial charge on any atom is -0.495 e. The lowest BCUT2D eigenvalue weighted by Crippen LogP contribution is -2.20. The molecule has 4 rings (SSSR count). The monoisotopic (exact) mass is 482 g/mol. The van der Waals surface area contributed by atoms with Crippen LogP contribution < -0.4 is 14.8 Å². The molecule has 174 valence electrons. The molecule has 1 amide bonds. The van der Waals surface area contributed by atoms with Gasteiger partial charge in [0.25, 0.3) is 10.0 Å². The third-order valence-electron chi connectivity index (χ3n) is 4.66. The van der Waals surface area contributed by atoms with E-state index in [9.17, 15) is 17.6 Å². The molecule has 34 heavy (non-hydrogen) atoms. The number of benzene rings is 3. The Labute approximate surface area is 194 Å². The van der Waals surface area contributed by atoms with Crippen molar-refractivity contribution in [2.24, 2.45) is 0 Å². The molecule has 0 unspecified atom stereocenters. The number of carbonyl (C=O) groups excluding carboxylic acids is 1. The van der Waals surface area contributed by atoms with Crippen LogP contribution in [0.3, 0.4) is 0 Å². The van der Waals surface area contributed by atoms with Crippen LogP contribution in [0.4, 0.5) is 15.8 Å². The number of para-hydroxylation sites is 3. The van der Waals surface area contributed by atoms with E-state index < -0.39 is 26.6 Å². The molecule has 1 aromatic heterocycles.